The summed E-state index contributed by atoms with van der Waals surface area (Å²) in [4.78, 5) is 8.28. The Hall–Kier alpha value is -2.80. The number of rotatable bonds is 5. The zero-order valence-corrected chi connectivity index (χ0v) is 16.3. The molecule has 0 saturated heterocycles. The van der Waals surface area contributed by atoms with Crippen molar-refractivity contribution in [1.29, 1.82) is 0 Å². The molecule has 7 heteroatoms. The molecule has 0 spiro atoms. The van der Waals surface area contributed by atoms with Gasteiger partial charge in [0.15, 0.2) is 5.82 Å². The molecule has 0 atom stereocenters. The van der Waals surface area contributed by atoms with E-state index in [1.54, 1.807) is 18.3 Å². The third-order valence-corrected chi connectivity index (χ3v) is 7.64. The van der Waals surface area contributed by atoms with Gasteiger partial charge in [0.1, 0.15) is 11.5 Å². The number of hydrogen-bond acceptors (Lipinski definition) is 3. The highest BCUT2D eigenvalue weighted by atomic mass is 32.2. The Morgan fingerprint density at radius 1 is 1.25 bits per heavy atom. The van der Waals surface area contributed by atoms with Gasteiger partial charge in [-0.1, -0.05) is 29.9 Å². The van der Waals surface area contributed by atoms with Crippen molar-refractivity contribution in [2.24, 2.45) is 0 Å². The number of anilines is 1. The second-order valence-corrected chi connectivity index (χ2v) is 10.2. The van der Waals surface area contributed by atoms with Crippen molar-refractivity contribution in [1.82, 2.24) is 20.2 Å². The molecule has 1 saturated carbocycles. The van der Waals surface area contributed by atoms with Gasteiger partial charge in [-0.15, -0.1) is 9.39 Å². The highest BCUT2D eigenvalue weighted by Gasteiger charge is 2.28. The van der Waals surface area contributed by atoms with Crippen molar-refractivity contribution in [3.63, 3.8) is 0 Å². The lowest BCUT2D eigenvalue weighted by Gasteiger charge is -2.16. The van der Waals surface area contributed by atoms with Crippen LogP contribution < -0.4 is 4.72 Å². The Bertz CT molecular complexity index is 1180. The lowest BCUT2D eigenvalue weighted by atomic mass is 9.94. The SMILES string of the molecule is C=S(=C)(Nc1cn[nH]c1-c1nc2c([nH]1)CCC=C2c1cccc(F)c1)C1CC1. The van der Waals surface area contributed by atoms with E-state index in [4.69, 9.17) is 4.98 Å². The van der Waals surface area contributed by atoms with E-state index in [-0.39, 0.29) is 5.82 Å². The van der Waals surface area contributed by atoms with E-state index < -0.39 is 9.39 Å². The summed E-state index contributed by atoms with van der Waals surface area (Å²) in [7, 11) is -1.41. The van der Waals surface area contributed by atoms with Gasteiger partial charge in [0, 0.05) is 16.5 Å². The zero-order chi connectivity index (χ0) is 19.3. The summed E-state index contributed by atoms with van der Waals surface area (Å²) in [6, 6.07) is 6.66. The van der Waals surface area contributed by atoms with Gasteiger partial charge in [-0.3, -0.25) is 5.10 Å². The first-order chi connectivity index (χ1) is 13.5. The second-order valence-electron chi connectivity index (χ2n) is 7.48. The van der Waals surface area contributed by atoms with Crippen molar-refractivity contribution in [3.05, 3.63) is 59.3 Å². The first kappa shape index (κ1) is 17.3. The third-order valence-electron chi connectivity index (χ3n) is 5.26. The van der Waals surface area contributed by atoms with Gasteiger partial charge < -0.3 is 9.71 Å². The molecule has 0 amide bonds. The number of aromatic amines is 2. The van der Waals surface area contributed by atoms with Crippen LogP contribution in [0.15, 0.2) is 36.5 Å². The minimum Gasteiger partial charge on any atom is -0.340 e. The number of H-pyrrole nitrogens is 2. The van der Waals surface area contributed by atoms with Crippen molar-refractivity contribution in [2.75, 3.05) is 4.72 Å². The maximum Gasteiger partial charge on any atom is 0.158 e. The third kappa shape index (κ3) is 3.05. The number of halogens is 1. The molecule has 5 rings (SSSR count). The summed E-state index contributed by atoms with van der Waals surface area (Å²) in [6.07, 6.45) is 8.02. The van der Waals surface area contributed by atoms with E-state index in [1.807, 2.05) is 6.07 Å². The van der Waals surface area contributed by atoms with E-state index in [2.05, 4.69) is 37.7 Å². The fraction of sp³-hybridized carbons (Fsp3) is 0.238. The van der Waals surface area contributed by atoms with Crippen LogP contribution in [-0.4, -0.2) is 37.2 Å². The van der Waals surface area contributed by atoms with Gasteiger partial charge in [0.05, 0.1) is 17.6 Å². The Labute approximate surface area is 163 Å². The molecule has 28 heavy (non-hydrogen) atoms. The van der Waals surface area contributed by atoms with Gasteiger partial charge in [-0.2, -0.15) is 5.10 Å². The van der Waals surface area contributed by atoms with Gasteiger partial charge in [0.2, 0.25) is 0 Å². The lowest BCUT2D eigenvalue weighted by molar-refractivity contribution is 0.627. The molecule has 2 aliphatic rings. The van der Waals surface area contributed by atoms with Crippen LogP contribution in [0.25, 0.3) is 17.1 Å². The number of benzene rings is 1. The van der Waals surface area contributed by atoms with Crippen LogP contribution in [0.2, 0.25) is 0 Å². The van der Waals surface area contributed by atoms with E-state index in [0.29, 0.717) is 5.25 Å². The molecule has 2 heterocycles. The highest BCUT2D eigenvalue weighted by Crippen LogP contribution is 2.44. The van der Waals surface area contributed by atoms with E-state index in [1.165, 1.54) is 18.9 Å². The second kappa shape index (κ2) is 6.38. The van der Waals surface area contributed by atoms with Crippen LogP contribution in [0, 0.1) is 5.82 Å². The van der Waals surface area contributed by atoms with Gasteiger partial charge in [0.25, 0.3) is 0 Å². The van der Waals surface area contributed by atoms with Crippen LogP contribution in [-0.2, 0) is 6.42 Å². The molecule has 3 aromatic rings. The van der Waals surface area contributed by atoms with Crippen molar-refractivity contribution < 1.29 is 4.39 Å². The van der Waals surface area contributed by atoms with Crippen molar-refractivity contribution in [3.8, 4) is 11.5 Å². The molecule has 0 bridgehead atoms. The number of allylic oxidation sites excluding steroid dienone is 1. The molecular formula is C21H22FN5S. The number of hydrogen-bond donors (Lipinski definition) is 3. The minimum absolute atomic E-state index is 0.244. The summed E-state index contributed by atoms with van der Waals surface area (Å²) >= 11 is 0. The fourth-order valence-electron chi connectivity index (χ4n) is 3.67. The van der Waals surface area contributed by atoms with E-state index in [0.717, 1.165) is 52.6 Å². The first-order valence-electron chi connectivity index (χ1n) is 9.36. The fourth-order valence-corrected chi connectivity index (χ4v) is 5.46. The van der Waals surface area contributed by atoms with Gasteiger partial charge in [-0.05, 0) is 43.4 Å². The number of aromatic nitrogens is 4. The molecule has 0 radical (unpaired) electrons. The van der Waals surface area contributed by atoms with E-state index >= 15 is 0 Å². The number of imidazole rings is 1. The monoisotopic (exact) mass is 395 g/mol. The van der Waals surface area contributed by atoms with Crippen LogP contribution in [0.4, 0.5) is 10.1 Å². The molecule has 1 fully saturated rings. The maximum absolute atomic E-state index is 13.7. The first-order valence-corrected chi connectivity index (χ1v) is 11.4. The largest absolute Gasteiger partial charge is 0.340 e. The van der Waals surface area contributed by atoms with Gasteiger partial charge >= 0.3 is 0 Å². The maximum atomic E-state index is 13.7. The standard InChI is InChI=1S/C21H22FN5S/c1-28(2,15-9-10-15)27-18-12-23-26-20(18)21-24-17-8-4-7-16(19(17)25-21)13-5-3-6-14(22)11-13/h3,5-7,11-12,15,27H,1-2,4,8-10H2,(H,23,26)(H,24,25). The number of fused-ring (bicyclic) bond motifs is 1. The Kier molecular flexibility index (Phi) is 3.94. The number of nitrogens with one attached hydrogen (secondary N) is 3. The predicted molar refractivity (Wildman–Crippen MR) is 116 cm³/mol. The Morgan fingerprint density at radius 3 is 2.89 bits per heavy atom. The van der Waals surface area contributed by atoms with Crippen LogP contribution in [0.5, 0.6) is 0 Å². The van der Waals surface area contributed by atoms with Crippen LogP contribution >= 0.6 is 9.39 Å². The van der Waals surface area contributed by atoms with Crippen molar-refractivity contribution >= 4 is 32.4 Å². The summed E-state index contributed by atoms with van der Waals surface area (Å²) < 4.78 is 17.2. The van der Waals surface area contributed by atoms with Crippen LogP contribution in [0.1, 0.15) is 36.2 Å². The quantitative estimate of drug-likeness (QED) is 0.558. The predicted octanol–water partition coefficient (Wildman–Crippen LogP) is 4.47. The Balaban J connectivity index is 1.52. The topological polar surface area (TPSA) is 69.4 Å². The number of nitrogens with zero attached hydrogens (tertiary/aromatic N) is 2. The summed E-state index contributed by atoms with van der Waals surface area (Å²) in [6.45, 7) is 0. The molecule has 5 nitrogen and oxygen atoms in total. The molecule has 3 N–H and O–H groups in total. The number of aryl methyl sites for hydroxylation is 1. The van der Waals surface area contributed by atoms with Gasteiger partial charge in [-0.25, -0.2) is 9.37 Å². The molecule has 144 valence electrons. The summed E-state index contributed by atoms with van der Waals surface area (Å²) in [5, 5.41) is 7.81. The summed E-state index contributed by atoms with van der Waals surface area (Å²) in [5.41, 5.74) is 5.41. The summed E-state index contributed by atoms with van der Waals surface area (Å²) in [5.74, 6) is 9.10. The lowest BCUT2D eigenvalue weighted by Crippen LogP contribution is -2.00. The normalized spacial score (nSPS) is 16.5. The smallest absolute Gasteiger partial charge is 0.158 e. The minimum atomic E-state index is -1.41. The zero-order valence-electron chi connectivity index (χ0n) is 15.5. The molecular weight excluding hydrogens is 373 g/mol. The Morgan fingerprint density at radius 2 is 2.11 bits per heavy atom. The highest BCUT2D eigenvalue weighted by molar-refractivity contribution is 8.29. The van der Waals surface area contributed by atoms with E-state index in [9.17, 15) is 4.39 Å². The van der Waals surface area contributed by atoms with Crippen LogP contribution in [0.3, 0.4) is 0 Å². The molecule has 1 aromatic carbocycles. The average molecular weight is 396 g/mol. The molecule has 0 aliphatic heterocycles. The molecule has 2 aliphatic carbocycles. The molecule has 2 aromatic heterocycles. The molecule has 0 unspecified atom stereocenters. The van der Waals surface area contributed by atoms with Crippen molar-refractivity contribution in [2.45, 2.75) is 30.9 Å². The average Bonchev–Trinajstić information content (AvgIpc) is 3.30.